The van der Waals surface area contributed by atoms with Gasteiger partial charge in [-0.05, 0) is 35.7 Å². The molecular weight excluding hydrogens is 334 g/mol. The first-order valence-corrected chi connectivity index (χ1v) is 8.43. The minimum absolute atomic E-state index is 0.192. The van der Waals surface area contributed by atoms with Gasteiger partial charge in [0.15, 0.2) is 0 Å². The summed E-state index contributed by atoms with van der Waals surface area (Å²) >= 11 is 0. The number of carbonyl (C=O) groups excluding carboxylic acids is 1. The Morgan fingerprint density at radius 2 is 1.96 bits per heavy atom. The quantitative estimate of drug-likeness (QED) is 0.832. The fourth-order valence-corrected chi connectivity index (χ4v) is 3.05. The molecule has 0 spiro atoms. The summed E-state index contributed by atoms with van der Waals surface area (Å²) in [6.45, 7) is 0.283. The van der Waals surface area contributed by atoms with E-state index >= 15 is 0 Å². The minimum Gasteiger partial charge on any atom is -0.497 e. The van der Waals surface area contributed by atoms with Gasteiger partial charge >= 0.3 is 5.97 Å². The first-order valence-electron chi connectivity index (χ1n) is 8.43. The first kappa shape index (κ1) is 17.8. The van der Waals surface area contributed by atoms with E-state index in [2.05, 4.69) is 5.32 Å². The van der Waals surface area contributed by atoms with E-state index in [4.69, 9.17) is 9.47 Å². The van der Waals surface area contributed by atoms with Crippen molar-refractivity contribution in [1.82, 2.24) is 5.32 Å². The van der Waals surface area contributed by atoms with Crippen LogP contribution in [0.3, 0.4) is 0 Å². The topological polar surface area (TPSA) is 84.9 Å². The Labute approximate surface area is 151 Å². The van der Waals surface area contributed by atoms with Gasteiger partial charge < -0.3 is 19.9 Å². The average Bonchev–Trinajstić information content (AvgIpc) is 2.66. The zero-order valence-corrected chi connectivity index (χ0v) is 14.5. The number of carboxylic acids is 1. The molecule has 0 unspecified atom stereocenters. The van der Waals surface area contributed by atoms with Crippen LogP contribution in [0.4, 0.5) is 0 Å². The fraction of sp³-hybridized carbons (Fsp3) is 0.300. The van der Waals surface area contributed by atoms with Crippen LogP contribution in [0.1, 0.15) is 23.6 Å². The summed E-state index contributed by atoms with van der Waals surface area (Å²) in [7, 11) is 1.56. The highest BCUT2D eigenvalue weighted by Gasteiger charge is 2.28. The van der Waals surface area contributed by atoms with Gasteiger partial charge in [0.1, 0.15) is 18.1 Å². The van der Waals surface area contributed by atoms with E-state index < -0.39 is 12.0 Å². The Morgan fingerprint density at radius 3 is 2.65 bits per heavy atom. The lowest BCUT2D eigenvalue weighted by molar-refractivity contribution is -0.138. The van der Waals surface area contributed by atoms with Crippen molar-refractivity contribution < 1.29 is 24.2 Å². The van der Waals surface area contributed by atoms with Gasteiger partial charge in [-0.2, -0.15) is 0 Å². The lowest BCUT2D eigenvalue weighted by atomic mass is 9.95. The number of fused-ring (bicyclic) bond motifs is 1. The number of aliphatic carboxylic acids is 1. The molecule has 1 aliphatic rings. The van der Waals surface area contributed by atoms with Crippen LogP contribution in [0.5, 0.6) is 11.5 Å². The molecule has 0 aromatic heterocycles. The van der Waals surface area contributed by atoms with Crippen molar-refractivity contribution in [2.75, 3.05) is 13.7 Å². The van der Waals surface area contributed by atoms with E-state index in [0.29, 0.717) is 12.2 Å². The maximum atomic E-state index is 12.7. The van der Waals surface area contributed by atoms with Crippen LogP contribution in [0.15, 0.2) is 48.5 Å². The van der Waals surface area contributed by atoms with Gasteiger partial charge in [-0.25, -0.2) is 0 Å². The number of ether oxygens (including phenoxy) is 2. The predicted molar refractivity (Wildman–Crippen MR) is 95.3 cm³/mol. The minimum atomic E-state index is -0.976. The van der Waals surface area contributed by atoms with Crippen LogP contribution >= 0.6 is 0 Å². The molecule has 6 heteroatoms. The van der Waals surface area contributed by atoms with Gasteiger partial charge in [0.05, 0.1) is 25.5 Å². The van der Waals surface area contributed by atoms with Crippen molar-refractivity contribution in [3.05, 3.63) is 59.7 Å². The molecule has 1 amide bonds. The van der Waals surface area contributed by atoms with Gasteiger partial charge in [-0.1, -0.05) is 30.3 Å². The van der Waals surface area contributed by atoms with Gasteiger partial charge in [-0.15, -0.1) is 0 Å². The average molecular weight is 355 g/mol. The third-order valence-electron chi connectivity index (χ3n) is 4.46. The lowest BCUT2D eigenvalue weighted by Crippen LogP contribution is -2.39. The van der Waals surface area contributed by atoms with Crippen molar-refractivity contribution in [2.24, 2.45) is 5.92 Å². The number of hydrogen-bond donors (Lipinski definition) is 2. The molecule has 0 fully saturated rings. The molecule has 26 heavy (non-hydrogen) atoms. The summed E-state index contributed by atoms with van der Waals surface area (Å²) in [4.78, 5) is 23.9. The SMILES string of the molecule is COc1ccc([C@H](CC(=O)O)NC(=O)[C@@H]2COc3ccccc3C2)cc1. The number of para-hydroxylation sites is 1. The highest BCUT2D eigenvalue weighted by molar-refractivity contribution is 5.81. The maximum Gasteiger partial charge on any atom is 0.305 e. The molecule has 0 bridgehead atoms. The molecule has 1 heterocycles. The molecule has 2 atom stereocenters. The van der Waals surface area contributed by atoms with Crippen molar-refractivity contribution in [1.29, 1.82) is 0 Å². The maximum absolute atomic E-state index is 12.7. The second kappa shape index (κ2) is 7.91. The second-order valence-electron chi connectivity index (χ2n) is 6.25. The summed E-state index contributed by atoms with van der Waals surface area (Å²) < 4.78 is 10.8. The van der Waals surface area contributed by atoms with Gasteiger partial charge in [0.25, 0.3) is 0 Å². The van der Waals surface area contributed by atoms with E-state index in [1.54, 1.807) is 31.4 Å². The van der Waals surface area contributed by atoms with Gasteiger partial charge in [0, 0.05) is 0 Å². The van der Waals surface area contributed by atoms with Crippen molar-refractivity contribution in [2.45, 2.75) is 18.9 Å². The molecule has 2 aromatic rings. The van der Waals surface area contributed by atoms with E-state index in [1.165, 1.54) is 0 Å². The number of methoxy groups -OCH3 is 1. The third-order valence-corrected chi connectivity index (χ3v) is 4.46. The second-order valence-corrected chi connectivity index (χ2v) is 6.25. The number of benzene rings is 2. The Balaban J connectivity index is 1.72. The molecule has 2 aromatic carbocycles. The molecule has 0 saturated heterocycles. The molecule has 136 valence electrons. The number of carbonyl (C=O) groups is 2. The zero-order valence-electron chi connectivity index (χ0n) is 14.5. The third kappa shape index (κ3) is 4.14. The zero-order chi connectivity index (χ0) is 18.5. The van der Waals surface area contributed by atoms with Crippen molar-refractivity contribution >= 4 is 11.9 Å². The van der Waals surface area contributed by atoms with Crippen LogP contribution in [0, 0.1) is 5.92 Å². The van der Waals surface area contributed by atoms with Crippen molar-refractivity contribution in [3.8, 4) is 11.5 Å². The molecule has 0 radical (unpaired) electrons. The molecular formula is C20H21NO5. The highest BCUT2D eigenvalue weighted by Crippen LogP contribution is 2.28. The molecule has 0 saturated carbocycles. The molecule has 0 aliphatic carbocycles. The van der Waals surface area contributed by atoms with Gasteiger partial charge in [-0.3, -0.25) is 9.59 Å². The Kier molecular flexibility index (Phi) is 5.41. The summed E-state index contributed by atoms with van der Waals surface area (Å²) in [5, 5.41) is 12.1. The van der Waals surface area contributed by atoms with Crippen LogP contribution in [0.2, 0.25) is 0 Å². The van der Waals surface area contributed by atoms with Crippen LogP contribution in [-0.2, 0) is 16.0 Å². The van der Waals surface area contributed by atoms with E-state index in [0.717, 1.165) is 16.9 Å². The smallest absolute Gasteiger partial charge is 0.305 e. The van der Waals surface area contributed by atoms with Crippen LogP contribution in [-0.4, -0.2) is 30.7 Å². The number of carboxylic acid groups (broad SMARTS) is 1. The summed E-state index contributed by atoms with van der Waals surface area (Å²) in [5.74, 6) is -0.0578. The van der Waals surface area contributed by atoms with E-state index in [-0.39, 0.29) is 24.9 Å². The standard InChI is InChI=1S/C20H21NO5/c1-25-16-8-6-13(7-9-16)17(11-19(22)23)21-20(24)15-10-14-4-2-3-5-18(14)26-12-15/h2-9,15,17H,10-12H2,1H3,(H,21,24)(H,22,23)/t15-,17-/m0/s1. The first-order chi connectivity index (χ1) is 12.6. The van der Waals surface area contributed by atoms with Crippen LogP contribution in [0.25, 0.3) is 0 Å². The molecule has 1 aliphatic heterocycles. The number of nitrogens with one attached hydrogen (secondary N) is 1. The van der Waals surface area contributed by atoms with E-state index in [1.807, 2.05) is 24.3 Å². The summed E-state index contributed by atoms with van der Waals surface area (Å²) in [6, 6.07) is 14.0. The summed E-state index contributed by atoms with van der Waals surface area (Å²) in [5.41, 5.74) is 1.71. The van der Waals surface area contributed by atoms with Gasteiger partial charge in [0.2, 0.25) is 5.91 Å². The number of rotatable bonds is 6. The predicted octanol–water partition coefficient (Wildman–Crippen LogP) is 2.58. The number of hydrogen-bond acceptors (Lipinski definition) is 4. The Bertz CT molecular complexity index is 787. The Morgan fingerprint density at radius 1 is 1.23 bits per heavy atom. The van der Waals surface area contributed by atoms with Crippen molar-refractivity contribution in [3.63, 3.8) is 0 Å². The normalized spacial score (nSPS) is 16.7. The molecule has 2 N–H and O–H groups in total. The summed E-state index contributed by atoms with van der Waals surface area (Å²) in [6.07, 6.45) is 0.382. The van der Waals surface area contributed by atoms with Crippen LogP contribution < -0.4 is 14.8 Å². The highest BCUT2D eigenvalue weighted by atomic mass is 16.5. The molecule has 6 nitrogen and oxygen atoms in total. The number of amides is 1. The fourth-order valence-electron chi connectivity index (χ4n) is 3.05. The Hall–Kier alpha value is -3.02. The van der Waals surface area contributed by atoms with E-state index in [9.17, 15) is 14.7 Å². The molecule has 3 rings (SSSR count). The largest absolute Gasteiger partial charge is 0.497 e. The monoisotopic (exact) mass is 355 g/mol. The lowest BCUT2D eigenvalue weighted by Gasteiger charge is -2.26.